The van der Waals surface area contributed by atoms with Crippen LogP contribution in [0.5, 0.6) is 0 Å². The van der Waals surface area contributed by atoms with E-state index in [9.17, 15) is 0 Å². The van der Waals surface area contributed by atoms with Crippen LogP contribution in [0.25, 0.3) is 10.4 Å². The van der Waals surface area contributed by atoms with Crippen molar-refractivity contribution < 1.29 is 0 Å². The highest BCUT2D eigenvalue weighted by molar-refractivity contribution is 7.33. The van der Waals surface area contributed by atoms with Gasteiger partial charge < -0.3 is 0 Å². The van der Waals surface area contributed by atoms with E-state index >= 15 is 0 Å². The highest BCUT2D eigenvalue weighted by Gasteiger charge is 2.42. The molecule has 21 heavy (non-hydrogen) atoms. The summed E-state index contributed by atoms with van der Waals surface area (Å²) in [6.45, 7) is 19.0. The van der Waals surface area contributed by atoms with Crippen molar-refractivity contribution in [2.45, 2.75) is 65.5 Å². The second-order valence-corrected chi connectivity index (χ2v) is 15.6. The van der Waals surface area contributed by atoms with E-state index in [0.29, 0.717) is 0 Å². The molecule has 0 aromatic carbocycles. The predicted molar refractivity (Wildman–Crippen MR) is 102 cm³/mol. The van der Waals surface area contributed by atoms with Crippen LogP contribution in [0.4, 0.5) is 0 Å². The van der Waals surface area contributed by atoms with Crippen molar-refractivity contribution in [2.75, 3.05) is 0 Å². The summed E-state index contributed by atoms with van der Waals surface area (Å²) in [4.78, 5) is 4.67. The van der Waals surface area contributed by atoms with E-state index in [4.69, 9.17) is 0 Å². The molecule has 1 aliphatic heterocycles. The summed E-state index contributed by atoms with van der Waals surface area (Å²) in [5, 5.41) is 1.68. The maximum atomic E-state index is 2.53. The fourth-order valence-corrected chi connectivity index (χ4v) is 10.2. The molecule has 0 atom stereocenters. The Hall–Kier alpha value is -0.383. The van der Waals surface area contributed by atoms with Gasteiger partial charge in [-0.3, -0.25) is 0 Å². The lowest BCUT2D eigenvalue weighted by molar-refractivity contribution is 0.604. The Kier molecular flexibility index (Phi) is 3.20. The second kappa shape index (κ2) is 4.33. The summed E-state index contributed by atoms with van der Waals surface area (Å²) in [6.07, 6.45) is 0. The molecule has 0 aliphatic carbocycles. The monoisotopic (exact) mass is 334 g/mol. The van der Waals surface area contributed by atoms with Gasteiger partial charge in [0.2, 0.25) is 0 Å². The first-order valence-electron chi connectivity index (χ1n) is 7.72. The second-order valence-electron chi connectivity index (χ2n) is 8.83. The average Bonchev–Trinajstić information content (AvgIpc) is 2.94. The molecule has 0 nitrogen and oxygen atoms in total. The van der Waals surface area contributed by atoms with Gasteiger partial charge in [0.25, 0.3) is 0 Å². The molecule has 0 saturated heterocycles. The zero-order valence-electron chi connectivity index (χ0n) is 14.5. The lowest BCUT2D eigenvalue weighted by Gasteiger charge is -2.19. The molecular formula is C18H26S2Si. The van der Waals surface area contributed by atoms with Gasteiger partial charge in [-0.1, -0.05) is 54.6 Å². The normalized spacial score (nSPS) is 17.0. The van der Waals surface area contributed by atoms with Crippen molar-refractivity contribution in [3.05, 3.63) is 21.9 Å². The minimum atomic E-state index is -1.47. The van der Waals surface area contributed by atoms with E-state index in [1.54, 1.807) is 29.9 Å². The smallest absolute Gasteiger partial charge is 0.127 e. The standard InChI is InChI=1S/C18H26S2Si/c1-17(2,3)13-9-11-15-12(21(7,8)16(11)20-13)10-14(19-15)18(4,5)6/h9-10H,1-8H3. The number of hydrogen-bond acceptors (Lipinski definition) is 2. The molecule has 2 aromatic rings. The molecule has 1 aliphatic rings. The fourth-order valence-electron chi connectivity index (χ4n) is 2.94. The minimum Gasteiger partial charge on any atom is -0.148 e. The predicted octanol–water partition coefficient (Wildman–Crippen LogP) is 5.21. The lowest BCUT2D eigenvalue weighted by Crippen LogP contribution is -2.47. The van der Waals surface area contributed by atoms with E-state index in [1.807, 2.05) is 11.3 Å². The third kappa shape index (κ3) is 2.29. The van der Waals surface area contributed by atoms with Crippen LogP contribution in [0.2, 0.25) is 13.1 Å². The van der Waals surface area contributed by atoms with Crippen LogP contribution in [0, 0.1) is 0 Å². The van der Waals surface area contributed by atoms with Gasteiger partial charge in [-0.05, 0) is 28.1 Å². The Morgan fingerprint density at radius 2 is 1.33 bits per heavy atom. The van der Waals surface area contributed by atoms with Crippen LogP contribution < -0.4 is 9.69 Å². The molecule has 3 heteroatoms. The molecule has 3 rings (SSSR count). The van der Waals surface area contributed by atoms with Crippen molar-refractivity contribution in [3.8, 4) is 10.4 Å². The van der Waals surface area contributed by atoms with Crippen LogP contribution >= 0.6 is 22.7 Å². The van der Waals surface area contributed by atoms with Crippen LogP contribution in [-0.4, -0.2) is 8.07 Å². The van der Waals surface area contributed by atoms with Crippen LogP contribution in [0.1, 0.15) is 51.3 Å². The van der Waals surface area contributed by atoms with Gasteiger partial charge in [0.1, 0.15) is 8.07 Å². The van der Waals surface area contributed by atoms with Crippen molar-refractivity contribution in [2.24, 2.45) is 0 Å². The Morgan fingerprint density at radius 1 is 0.810 bits per heavy atom. The SMILES string of the molecule is CC(C)(C)c1cc2c(s1)-c1cc(C(C)(C)C)sc1[Si]2(C)C. The molecule has 0 fully saturated rings. The largest absolute Gasteiger partial charge is 0.148 e. The molecule has 3 heterocycles. The van der Waals surface area contributed by atoms with E-state index in [0.717, 1.165) is 0 Å². The van der Waals surface area contributed by atoms with Gasteiger partial charge >= 0.3 is 0 Å². The molecule has 0 amide bonds. The zero-order chi connectivity index (χ0) is 15.8. The van der Waals surface area contributed by atoms with Crippen molar-refractivity contribution in [1.29, 1.82) is 0 Å². The van der Waals surface area contributed by atoms with E-state index in [1.165, 1.54) is 0 Å². The third-order valence-electron chi connectivity index (χ3n) is 4.43. The summed E-state index contributed by atoms with van der Waals surface area (Å²) in [5.41, 5.74) is 2.10. The first kappa shape index (κ1) is 15.5. The van der Waals surface area contributed by atoms with Crippen molar-refractivity contribution in [3.63, 3.8) is 0 Å². The molecule has 0 bridgehead atoms. The molecule has 2 aromatic heterocycles. The summed E-state index contributed by atoms with van der Waals surface area (Å²) in [5.74, 6) is 0. The fraction of sp³-hybridized carbons (Fsp3) is 0.556. The first-order chi connectivity index (χ1) is 9.42. The van der Waals surface area contributed by atoms with Gasteiger partial charge in [0.15, 0.2) is 0 Å². The summed E-state index contributed by atoms with van der Waals surface area (Å²) in [6, 6.07) is 5.01. The lowest BCUT2D eigenvalue weighted by atomic mass is 9.94. The topological polar surface area (TPSA) is 0 Å². The van der Waals surface area contributed by atoms with Gasteiger partial charge in [0, 0.05) is 24.7 Å². The van der Waals surface area contributed by atoms with E-state index in [-0.39, 0.29) is 10.8 Å². The summed E-state index contributed by atoms with van der Waals surface area (Å²) < 4.78 is 1.70. The Morgan fingerprint density at radius 3 is 1.86 bits per heavy atom. The van der Waals surface area contributed by atoms with E-state index < -0.39 is 8.07 Å². The summed E-state index contributed by atoms with van der Waals surface area (Å²) >= 11 is 4.12. The Labute approximate surface area is 138 Å². The van der Waals surface area contributed by atoms with Crippen molar-refractivity contribution in [1.82, 2.24) is 0 Å². The van der Waals surface area contributed by atoms with Gasteiger partial charge in [-0.15, -0.1) is 22.7 Å². The maximum Gasteiger partial charge on any atom is 0.127 e. The van der Waals surface area contributed by atoms with Crippen LogP contribution in [0.15, 0.2) is 12.1 Å². The molecule has 0 unspecified atom stereocenters. The molecule has 114 valence electrons. The van der Waals surface area contributed by atoms with Gasteiger partial charge in [-0.2, -0.15) is 0 Å². The zero-order valence-corrected chi connectivity index (χ0v) is 17.1. The van der Waals surface area contributed by atoms with Gasteiger partial charge in [0.05, 0.1) is 0 Å². The number of fused-ring (bicyclic) bond motifs is 3. The van der Waals surface area contributed by atoms with Crippen molar-refractivity contribution >= 4 is 40.4 Å². The average molecular weight is 335 g/mol. The third-order valence-corrected chi connectivity index (χ3v) is 12.6. The van der Waals surface area contributed by atoms with Crippen LogP contribution in [-0.2, 0) is 10.8 Å². The number of thiophene rings is 2. The first-order valence-corrected chi connectivity index (χ1v) is 12.4. The number of hydrogen-bond donors (Lipinski definition) is 0. The molecule has 0 radical (unpaired) electrons. The van der Waals surface area contributed by atoms with E-state index in [2.05, 4.69) is 78.1 Å². The quantitative estimate of drug-likeness (QED) is 0.580. The van der Waals surface area contributed by atoms with Gasteiger partial charge in [-0.25, -0.2) is 0 Å². The Balaban J connectivity index is 2.21. The van der Waals surface area contributed by atoms with Crippen LogP contribution in [0.3, 0.4) is 0 Å². The summed E-state index contributed by atoms with van der Waals surface area (Å²) in [7, 11) is -1.47. The number of rotatable bonds is 0. The molecule has 0 N–H and O–H groups in total. The molecular weight excluding hydrogens is 308 g/mol. The highest BCUT2D eigenvalue weighted by atomic mass is 32.1. The maximum absolute atomic E-state index is 2.53. The Bertz CT molecular complexity index is 642. The molecule has 0 spiro atoms. The highest BCUT2D eigenvalue weighted by Crippen LogP contribution is 2.43. The minimum absolute atomic E-state index is 0.266. The molecule has 0 saturated carbocycles.